The Kier molecular flexibility index (Phi) is 3.16. The zero-order chi connectivity index (χ0) is 9.19. The summed E-state index contributed by atoms with van der Waals surface area (Å²) in [4.78, 5) is 0. The number of hydrogen-bond donors (Lipinski definition) is 1. The molecule has 1 fully saturated rings. The van der Waals surface area contributed by atoms with Crippen LogP contribution in [-0.2, 0) is 0 Å². The van der Waals surface area contributed by atoms with E-state index in [1.54, 1.807) is 0 Å². The van der Waals surface area contributed by atoms with Crippen LogP contribution >= 0.6 is 0 Å². The van der Waals surface area contributed by atoms with Gasteiger partial charge in [0, 0.05) is 6.04 Å². The number of rotatable bonds is 5. The lowest BCUT2D eigenvalue weighted by Gasteiger charge is -2.12. The van der Waals surface area contributed by atoms with Crippen molar-refractivity contribution in [1.29, 1.82) is 0 Å². The Morgan fingerprint density at radius 3 is 2.42 bits per heavy atom. The summed E-state index contributed by atoms with van der Waals surface area (Å²) >= 11 is 0. The Bertz CT molecular complexity index is 140. The Labute approximate surface area is 76.7 Å². The van der Waals surface area contributed by atoms with Crippen LogP contribution in [0.25, 0.3) is 0 Å². The fourth-order valence-corrected chi connectivity index (χ4v) is 2.07. The summed E-state index contributed by atoms with van der Waals surface area (Å²) in [5, 5.41) is 0. The van der Waals surface area contributed by atoms with E-state index >= 15 is 0 Å². The minimum atomic E-state index is 0.478. The van der Waals surface area contributed by atoms with Gasteiger partial charge in [-0.15, -0.1) is 0 Å². The first kappa shape index (κ1) is 10.0. The van der Waals surface area contributed by atoms with Crippen molar-refractivity contribution in [3.63, 3.8) is 0 Å². The van der Waals surface area contributed by atoms with Gasteiger partial charge < -0.3 is 5.73 Å². The first-order valence-electron chi connectivity index (χ1n) is 5.33. The van der Waals surface area contributed by atoms with Gasteiger partial charge in [0.15, 0.2) is 0 Å². The van der Waals surface area contributed by atoms with Crippen molar-refractivity contribution >= 4 is 0 Å². The van der Waals surface area contributed by atoms with Crippen LogP contribution in [0.3, 0.4) is 0 Å². The van der Waals surface area contributed by atoms with Crippen molar-refractivity contribution in [3.05, 3.63) is 0 Å². The zero-order valence-corrected chi connectivity index (χ0v) is 8.77. The van der Waals surface area contributed by atoms with Gasteiger partial charge in [-0.3, -0.25) is 0 Å². The van der Waals surface area contributed by atoms with E-state index in [-0.39, 0.29) is 0 Å². The van der Waals surface area contributed by atoms with Gasteiger partial charge in [-0.25, -0.2) is 0 Å². The van der Waals surface area contributed by atoms with E-state index in [4.69, 9.17) is 5.73 Å². The molecule has 0 aromatic heterocycles. The second-order valence-corrected chi connectivity index (χ2v) is 4.96. The third-order valence-corrected chi connectivity index (χ3v) is 3.25. The van der Waals surface area contributed by atoms with Gasteiger partial charge in [0.25, 0.3) is 0 Å². The molecule has 1 rings (SSSR count). The lowest BCUT2D eigenvalue weighted by Crippen LogP contribution is -2.24. The van der Waals surface area contributed by atoms with Crippen LogP contribution in [0.1, 0.15) is 52.9 Å². The number of unbranched alkanes of at least 4 members (excludes halogenated alkanes) is 2. The third kappa shape index (κ3) is 2.48. The van der Waals surface area contributed by atoms with E-state index in [1.807, 2.05) is 0 Å². The third-order valence-electron chi connectivity index (χ3n) is 3.25. The second kappa shape index (κ2) is 3.78. The lowest BCUT2D eigenvalue weighted by atomic mass is 9.99. The van der Waals surface area contributed by atoms with E-state index in [0.717, 1.165) is 5.92 Å². The quantitative estimate of drug-likeness (QED) is 0.629. The van der Waals surface area contributed by atoms with Gasteiger partial charge >= 0.3 is 0 Å². The maximum absolute atomic E-state index is 6.10. The SMILES string of the molecule is CCCCCC(N)C1CC1(C)C. The van der Waals surface area contributed by atoms with Crippen molar-refractivity contribution in [1.82, 2.24) is 0 Å². The molecule has 0 aliphatic heterocycles. The molecule has 0 heterocycles. The predicted molar refractivity (Wildman–Crippen MR) is 54.0 cm³/mol. The average molecular weight is 169 g/mol. The zero-order valence-electron chi connectivity index (χ0n) is 8.77. The first-order valence-corrected chi connectivity index (χ1v) is 5.33. The van der Waals surface area contributed by atoms with Gasteiger partial charge in [-0.05, 0) is 24.2 Å². The molecule has 0 spiro atoms. The normalized spacial score (nSPS) is 28.5. The molecule has 1 aliphatic carbocycles. The van der Waals surface area contributed by atoms with Crippen LogP contribution in [0.5, 0.6) is 0 Å². The molecule has 0 saturated heterocycles. The molecule has 1 heteroatoms. The van der Waals surface area contributed by atoms with Crippen molar-refractivity contribution in [2.45, 2.75) is 58.9 Å². The van der Waals surface area contributed by atoms with Crippen molar-refractivity contribution < 1.29 is 0 Å². The molecule has 1 aliphatic rings. The average Bonchev–Trinajstić information content (AvgIpc) is 2.60. The number of hydrogen-bond acceptors (Lipinski definition) is 1. The van der Waals surface area contributed by atoms with E-state index < -0.39 is 0 Å². The van der Waals surface area contributed by atoms with Gasteiger partial charge in [-0.1, -0.05) is 40.0 Å². The molecule has 0 amide bonds. The largest absolute Gasteiger partial charge is 0.327 e. The minimum absolute atomic E-state index is 0.478. The van der Waals surface area contributed by atoms with Crippen LogP contribution < -0.4 is 5.73 Å². The Morgan fingerprint density at radius 2 is 2.00 bits per heavy atom. The molecule has 2 unspecified atom stereocenters. The molecular formula is C11H23N. The van der Waals surface area contributed by atoms with E-state index in [1.165, 1.54) is 32.1 Å². The van der Waals surface area contributed by atoms with E-state index in [2.05, 4.69) is 20.8 Å². The molecule has 0 bridgehead atoms. The highest BCUT2D eigenvalue weighted by atomic mass is 14.7. The second-order valence-electron chi connectivity index (χ2n) is 4.96. The van der Waals surface area contributed by atoms with Gasteiger partial charge in [0.2, 0.25) is 0 Å². The molecule has 1 nitrogen and oxygen atoms in total. The number of nitrogens with two attached hydrogens (primary N) is 1. The first-order chi connectivity index (χ1) is 5.58. The van der Waals surface area contributed by atoms with Crippen molar-refractivity contribution in [3.8, 4) is 0 Å². The Balaban J connectivity index is 2.09. The summed E-state index contributed by atoms with van der Waals surface area (Å²) in [6.07, 6.45) is 6.56. The van der Waals surface area contributed by atoms with Gasteiger partial charge in [0.1, 0.15) is 0 Å². The molecule has 0 aromatic rings. The summed E-state index contributed by atoms with van der Waals surface area (Å²) in [5.41, 5.74) is 6.66. The molecule has 2 N–H and O–H groups in total. The summed E-state index contributed by atoms with van der Waals surface area (Å²) < 4.78 is 0. The van der Waals surface area contributed by atoms with Crippen LogP contribution in [0.15, 0.2) is 0 Å². The van der Waals surface area contributed by atoms with Crippen molar-refractivity contribution in [2.24, 2.45) is 17.1 Å². The van der Waals surface area contributed by atoms with Crippen LogP contribution in [0, 0.1) is 11.3 Å². The Morgan fingerprint density at radius 1 is 1.42 bits per heavy atom. The molecular weight excluding hydrogens is 146 g/mol. The van der Waals surface area contributed by atoms with E-state index in [9.17, 15) is 0 Å². The van der Waals surface area contributed by atoms with Gasteiger partial charge in [-0.2, -0.15) is 0 Å². The fourth-order valence-electron chi connectivity index (χ4n) is 2.07. The topological polar surface area (TPSA) is 26.0 Å². The summed E-state index contributed by atoms with van der Waals surface area (Å²) in [7, 11) is 0. The van der Waals surface area contributed by atoms with E-state index in [0.29, 0.717) is 11.5 Å². The van der Waals surface area contributed by atoms with Crippen LogP contribution in [-0.4, -0.2) is 6.04 Å². The highest BCUT2D eigenvalue weighted by Crippen LogP contribution is 2.53. The molecule has 0 radical (unpaired) electrons. The fraction of sp³-hybridized carbons (Fsp3) is 1.00. The predicted octanol–water partition coefficient (Wildman–Crippen LogP) is 2.94. The molecule has 0 aromatic carbocycles. The van der Waals surface area contributed by atoms with Crippen LogP contribution in [0.2, 0.25) is 0 Å². The molecule has 1 saturated carbocycles. The molecule has 2 atom stereocenters. The van der Waals surface area contributed by atoms with Gasteiger partial charge in [0.05, 0.1) is 0 Å². The monoisotopic (exact) mass is 169 g/mol. The highest BCUT2D eigenvalue weighted by Gasteiger charge is 2.48. The standard InChI is InChI=1S/C11H23N/c1-4-5-6-7-10(12)9-8-11(9,2)3/h9-10H,4-8,12H2,1-3H3. The van der Waals surface area contributed by atoms with Crippen molar-refractivity contribution in [2.75, 3.05) is 0 Å². The molecule has 72 valence electrons. The maximum atomic E-state index is 6.10. The minimum Gasteiger partial charge on any atom is -0.327 e. The summed E-state index contributed by atoms with van der Waals surface area (Å²) in [6, 6.07) is 0.478. The summed E-state index contributed by atoms with van der Waals surface area (Å²) in [5.74, 6) is 0.814. The summed E-state index contributed by atoms with van der Waals surface area (Å²) in [6.45, 7) is 6.90. The maximum Gasteiger partial charge on any atom is 0.00724 e. The Hall–Kier alpha value is -0.0400. The highest BCUT2D eigenvalue weighted by molar-refractivity contribution is 5.00. The molecule has 12 heavy (non-hydrogen) atoms. The lowest BCUT2D eigenvalue weighted by molar-refractivity contribution is 0.442. The smallest absolute Gasteiger partial charge is 0.00724 e. The van der Waals surface area contributed by atoms with Crippen LogP contribution in [0.4, 0.5) is 0 Å².